The van der Waals surface area contributed by atoms with Crippen molar-refractivity contribution < 1.29 is 13.9 Å². The molecule has 3 aromatic rings. The molecule has 0 amide bonds. The Balaban J connectivity index is 2.13. The first-order valence-electron chi connectivity index (χ1n) is 7.13. The Bertz CT molecular complexity index is 833. The number of Topliss-reactive ketones (excluding diaryl/α,β-unsaturated/α-hetero) is 1. The molecule has 0 unspecified atom stereocenters. The summed E-state index contributed by atoms with van der Waals surface area (Å²) in [6, 6.07) is 15.9. The van der Waals surface area contributed by atoms with Crippen LogP contribution < -0.4 is 4.74 Å². The predicted octanol–water partition coefficient (Wildman–Crippen LogP) is 5.43. The fourth-order valence-electron chi connectivity index (χ4n) is 2.37. The molecule has 0 aliphatic heterocycles. The van der Waals surface area contributed by atoms with Crippen molar-refractivity contribution in [3.63, 3.8) is 0 Å². The van der Waals surface area contributed by atoms with Crippen LogP contribution in [-0.4, -0.2) is 12.9 Å². The van der Waals surface area contributed by atoms with Crippen molar-refractivity contribution in [2.24, 2.45) is 0 Å². The number of hydrogen-bond donors (Lipinski definition) is 0. The molecule has 2 nitrogen and oxygen atoms in total. The Kier molecular flexibility index (Phi) is 4.26. The van der Waals surface area contributed by atoms with E-state index in [0.29, 0.717) is 4.88 Å². The Hall–Kier alpha value is -2.46. The Morgan fingerprint density at radius 1 is 1.00 bits per heavy atom. The van der Waals surface area contributed by atoms with Crippen molar-refractivity contribution >= 4 is 17.1 Å². The van der Waals surface area contributed by atoms with Gasteiger partial charge in [0.05, 0.1) is 12.0 Å². The molecule has 1 aromatic heterocycles. The molecule has 0 fully saturated rings. The number of thiophene rings is 1. The monoisotopic (exact) mass is 326 g/mol. The van der Waals surface area contributed by atoms with E-state index >= 15 is 0 Å². The second-order valence-electron chi connectivity index (χ2n) is 5.15. The topological polar surface area (TPSA) is 26.3 Å². The predicted molar refractivity (Wildman–Crippen MR) is 91.7 cm³/mol. The van der Waals surface area contributed by atoms with E-state index in [0.717, 1.165) is 27.3 Å². The van der Waals surface area contributed by atoms with Crippen LogP contribution in [0.15, 0.2) is 54.6 Å². The number of halogens is 1. The largest absolute Gasteiger partial charge is 0.497 e. The maximum absolute atomic E-state index is 13.2. The van der Waals surface area contributed by atoms with Gasteiger partial charge in [-0.05, 0) is 48.4 Å². The molecule has 0 saturated heterocycles. The summed E-state index contributed by atoms with van der Waals surface area (Å²) in [6.45, 7) is 1.55. The van der Waals surface area contributed by atoms with E-state index in [-0.39, 0.29) is 11.6 Å². The molecule has 116 valence electrons. The lowest BCUT2D eigenvalue weighted by atomic mass is 10.0. The van der Waals surface area contributed by atoms with Crippen LogP contribution >= 0.6 is 11.3 Å². The smallest absolute Gasteiger partial charge is 0.169 e. The molecular weight excluding hydrogens is 311 g/mol. The number of carbonyl (C=O) groups excluding carboxylic acids is 1. The van der Waals surface area contributed by atoms with Gasteiger partial charge in [-0.1, -0.05) is 24.3 Å². The molecule has 2 aromatic carbocycles. The number of ether oxygens (including phenoxy) is 1. The van der Waals surface area contributed by atoms with Gasteiger partial charge in [0.25, 0.3) is 0 Å². The first-order chi connectivity index (χ1) is 11.1. The summed E-state index contributed by atoms with van der Waals surface area (Å²) in [5.74, 6) is 0.528. The van der Waals surface area contributed by atoms with Gasteiger partial charge >= 0.3 is 0 Å². The molecule has 0 aliphatic carbocycles. The van der Waals surface area contributed by atoms with Crippen LogP contribution in [0.5, 0.6) is 5.75 Å². The summed E-state index contributed by atoms with van der Waals surface area (Å²) in [7, 11) is 1.62. The summed E-state index contributed by atoms with van der Waals surface area (Å²) >= 11 is 1.43. The maximum Gasteiger partial charge on any atom is 0.169 e. The van der Waals surface area contributed by atoms with Gasteiger partial charge in [-0.3, -0.25) is 4.79 Å². The first-order valence-corrected chi connectivity index (χ1v) is 7.95. The molecule has 0 radical (unpaired) electrons. The molecule has 4 heteroatoms. The summed E-state index contributed by atoms with van der Waals surface area (Å²) in [5, 5.41) is 0. The third-order valence-corrected chi connectivity index (χ3v) is 4.87. The number of hydrogen-bond acceptors (Lipinski definition) is 3. The Labute approximate surface area is 138 Å². The summed E-state index contributed by atoms with van der Waals surface area (Å²) in [4.78, 5) is 13.4. The number of rotatable bonds is 4. The Morgan fingerprint density at radius 3 is 2.17 bits per heavy atom. The van der Waals surface area contributed by atoms with Crippen molar-refractivity contribution in [2.75, 3.05) is 7.11 Å². The molecule has 0 atom stereocenters. The summed E-state index contributed by atoms with van der Waals surface area (Å²) in [5.41, 5.74) is 2.86. The van der Waals surface area contributed by atoms with Gasteiger partial charge in [-0.15, -0.1) is 11.3 Å². The van der Waals surface area contributed by atoms with E-state index in [9.17, 15) is 9.18 Å². The quantitative estimate of drug-likeness (QED) is 0.597. The minimum absolute atomic E-state index is 0.0260. The number of carbonyl (C=O) groups is 1. The lowest BCUT2D eigenvalue weighted by molar-refractivity contribution is 0.102. The average Bonchev–Trinajstić information content (AvgIpc) is 3.01. The highest BCUT2D eigenvalue weighted by Crippen LogP contribution is 2.40. The lowest BCUT2D eigenvalue weighted by Crippen LogP contribution is -1.85. The third kappa shape index (κ3) is 3.17. The van der Waals surface area contributed by atoms with Crippen molar-refractivity contribution in [3.05, 3.63) is 65.3 Å². The van der Waals surface area contributed by atoms with E-state index in [1.807, 2.05) is 30.3 Å². The van der Waals surface area contributed by atoms with E-state index in [2.05, 4.69) is 0 Å². The minimum atomic E-state index is -0.275. The van der Waals surface area contributed by atoms with Crippen molar-refractivity contribution in [2.45, 2.75) is 6.92 Å². The van der Waals surface area contributed by atoms with Crippen molar-refractivity contribution in [1.29, 1.82) is 0 Å². The number of ketones is 1. The first kappa shape index (κ1) is 15.4. The maximum atomic E-state index is 13.2. The van der Waals surface area contributed by atoms with Crippen molar-refractivity contribution in [3.8, 4) is 27.3 Å². The zero-order valence-electron chi connectivity index (χ0n) is 12.8. The van der Waals surface area contributed by atoms with Crippen LogP contribution in [0.3, 0.4) is 0 Å². The number of benzene rings is 2. The zero-order chi connectivity index (χ0) is 16.4. The summed E-state index contributed by atoms with van der Waals surface area (Å²) in [6.07, 6.45) is 0. The van der Waals surface area contributed by atoms with Gasteiger partial charge in [0.1, 0.15) is 11.6 Å². The van der Waals surface area contributed by atoms with Gasteiger partial charge in [0.2, 0.25) is 0 Å². The molecule has 0 aliphatic rings. The zero-order valence-corrected chi connectivity index (χ0v) is 13.6. The molecule has 23 heavy (non-hydrogen) atoms. The average molecular weight is 326 g/mol. The lowest BCUT2D eigenvalue weighted by Gasteiger charge is -2.06. The molecular formula is C19H15FO2S. The summed E-state index contributed by atoms with van der Waals surface area (Å²) < 4.78 is 18.4. The molecule has 3 rings (SSSR count). The van der Waals surface area contributed by atoms with Crippen LogP contribution in [0.2, 0.25) is 0 Å². The van der Waals surface area contributed by atoms with Gasteiger partial charge < -0.3 is 4.74 Å². The molecule has 1 heterocycles. The van der Waals surface area contributed by atoms with Gasteiger partial charge in [-0.25, -0.2) is 4.39 Å². The van der Waals surface area contributed by atoms with Crippen LogP contribution in [-0.2, 0) is 0 Å². The second-order valence-corrected chi connectivity index (χ2v) is 6.20. The van der Waals surface area contributed by atoms with Crippen LogP contribution in [0.25, 0.3) is 21.6 Å². The van der Waals surface area contributed by atoms with Crippen LogP contribution in [0.1, 0.15) is 16.6 Å². The van der Waals surface area contributed by atoms with Gasteiger partial charge in [0, 0.05) is 10.4 Å². The van der Waals surface area contributed by atoms with Crippen LogP contribution in [0, 0.1) is 5.82 Å². The normalized spacial score (nSPS) is 10.6. The van der Waals surface area contributed by atoms with E-state index in [4.69, 9.17) is 4.74 Å². The molecule has 0 N–H and O–H groups in total. The van der Waals surface area contributed by atoms with Gasteiger partial charge in [0.15, 0.2) is 5.78 Å². The van der Waals surface area contributed by atoms with E-state index < -0.39 is 0 Å². The second kappa shape index (κ2) is 6.34. The Morgan fingerprint density at radius 2 is 1.61 bits per heavy atom. The van der Waals surface area contributed by atoms with E-state index in [1.165, 1.54) is 23.5 Å². The van der Waals surface area contributed by atoms with Crippen molar-refractivity contribution in [1.82, 2.24) is 0 Å². The SMILES string of the molecule is COc1ccc(-c2cc(C(C)=O)sc2-c2ccc(F)cc2)cc1. The highest BCUT2D eigenvalue weighted by molar-refractivity contribution is 7.18. The minimum Gasteiger partial charge on any atom is -0.497 e. The molecule has 0 spiro atoms. The fraction of sp³-hybridized carbons (Fsp3) is 0.105. The highest BCUT2D eigenvalue weighted by atomic mass is 32.1. The highest BCUT2D eigenvalue weighted by Gasteiger charge is 2.15. The standard InChI is InChI=1S/C19H15FO2S/c1-12(21)18-11-17(13-5-9-16(22-2)10-6-13)19(23-18)14-3-7-15(20)8-4-14/h3-11H,1-2H3. The molecule has 0 saturated carbocycles. The molecule has 0 bridgehead atoms. The third-order valence-electron chi connectivity index (χ3n) is 3.59. The number of methoxy groups -OCH3 is 1. The van der Waals surface area contributed by atoms with Crippen LogP contribution in [0.4, 0.5) is 4.39 Å². The van der Waals surface area contributed by atoms with E-state index in [1.54, 1.807) is 26.2 Å². The fourth-order valence-corrected chi connectivity index (χ4v) is 3.45. The van der Waals surface area contributed by atoms with Gasteiger partial charge in [-0.2, -0.15) is 0 Å².